The minimum absolute atomic E-state index is 0.142. The standard InChI is InChI=1S/C18H27N5O5/c1-2-3-12-27-16-15(10-7-11-22(16)17(19)21-23(25)26)20-18(24)28-13-14-8-5-4-6-9-14/h4-6,8-9,15-16H,2-3,7,10-13H2,1H3,(H2,19,21)(H,20,24)/t15-,16+/m1/s1. The smallest absolute Gasteiger partial charge is 0.407 e. The molecule has 10 heteroatoms. The lowest BCUT2D eigenvalue weighted by atomic mass is 10.0. The van der Waals surface area contributed by atoms with Crippen LogP contribution in [0.3, 0.4) is 0 Å². The summed E-state index contributed by atoms with van der Waals surface area (Å²) >= 11 is 0. The van der Waals surface area contributed by atoms with E-state index in [0.717, 1.165) is 18.4 Å². The van der Waals surface area contributed by atoms with Gasteiger partial charge < -0.3 is 19.7 Å². The number of amides is 1. The number of carbonyl (C=O) groups is 1. The van der Waals surface area contributed by atoms with Gasteiger partial charge in [0.2, 0.25) is 0 Å². The summed E-state index contributed by atoms with van der Waals surface area (Å²) in [4.78, 5) is 24.4. The van der Waals surface area contributed by atoms with Gasteiger partial charge >= 0.3 is 6.09 Å². The van der Waals surface area contributed by atoms with Crippen LogP contribution in [0.5, 0.6) is 0 Å². The van der Waals surface area contributed by atoms with Gasteiger partial charge in [-0.1, -0.05) is 49.1 Å². The van der Waals surface area contributed by atoms with E-state index in [1.165, 1.54) is 4.90 Å². The van der Waals surface area contributed by atoms with Crippen molar-refractivity contribution in [2.75, 3.05) is 13.2 Å². The van der Waals surface area contributed by atoms with Gasteiger partial charge in [-0.05, 0) is 24.8 Å². The summed E-state index contributed by atoms with van der Waals surface area (Å²) in [5.74, 6) is -0.365. The Bertz CT molecular complexity index is 657. The van der Waals surface area contributed by atoms with Crippen molar-refractivity contribution in [3.8, 4) is 0 Å². The molecular weight excluding hydrogens is 366 g/mol. The molecule has 1 aliphatic heterocycles. The lowest BCUT2D eigenvalue weighted by Crippen LogP contribution is -2.60. The minimum atomic E-state index is -0.781. The molecule has 1 saturated heterocycles. The number of guanidine groups is 1. The monoisotopic (exact) mass is 393 g/mol. The van der Waals surface area contributed by atoms with Crippen LogP contribution in [0.25, 0.3) is 0 Å². The third-order valence-corrected chi connectivity index (χ3v) is 4.35. The summed E-state index contributed by atoms with van der Waals surface area (Å²) in [7, 11) is 0. The van der Waals surface area contributed by atoms with E-state index in [-0.39, 0.29) is 12.6 Å². The number of piperidine rings is 1. The highest BCUT2D eigenvalue weighted by Crippen LogP contribution is 2.20. The van der Waals surface area contributed by atoms with E-state index in [9.17, 15) is 14.9 Å². The van der Waals surface area contributed by atoms with E-state index in [1.807, 2.05) is 42.7 Å². The number of unbranched alkanes of at least 4 members (excludes halogenated alkanes) is 1. The van der Waals surface area contributed by atoms with Crippen LogP contribution in [0.1, 0.15) is 38.2 Å². The lowest BCUT2D eigenvalue weighted by Gasteiger charge is -2.41. The summed E-state index contributed by atoms with van der Waals surface area (Å²) in [6.07, 6.45) is 1.75. The van der Waals surface area contributed by atoms with Crippen LogP contribution < -0.4 is 10.7 Å². The van der Waals surface area contributed by atoms with E-state index in [0.29, 0.717) is 26.0 Å². The number of carbonyl (C=O) groups excluding carboxylic acids is 1. The van der Waals surface area contributed by atoms with Gasteiger partial charge in [-0.25, -0.2) is 14.9 Å². The number of hydrogen-bond donors (Lipinski definition) is 3. The molecule has 0 aromatic heterocycles. The van der Waals surface area contributed by atoms with Gasteiger partial charge in [0.1, 0.15) is 6.61 Å². The van der Waals surface area contributed by atoms with Crippen LogP contribution in [-0.2, 0) is 16.1 Å². The van der Waals surface area contributed by atoms with Crippen LogP contribution in [0.4, 0.5) is 4.79 Å². The summed E-state index contributed by atoms with van der Waals surface area (Å²) < 4.78 is 11.1. The number of rotatable bonds is 8. The molecule has 0 aliphatic carbocycles. The van der Waals surface area contributed by atoms with Gasteiger partial charge in [0.25, 0.3) is 5.96 Å². The zero-order valence-electron chi connectivity index (χ0n) is 15.9. The number of nitrogens with one attached hydrogen (secondary N) is 3. The highest BCUT2D eigenvalue weighted by atomic mass is 16.7. The first-order valence-corrected chi connectivity index (χ1v) is 9.36. The highest BCUT2D eigenvalue weighted by Gasteiger charge is 2.36. The van der Waals surface area contributed by atoms with E-state index in [1.54, 1.807) is 0 Å². The SMILES string of the molecule is CCCCO[C@H]1[C@H](NC(=O)OCc2ccccc2)CCCN1C(=N)N[N+](=O)[O-]. The predicted molar refractivity (Wildman–Crippen MR) is 102 cm³/mol. The quantitative estimate of drug-likeness (QED) is 0.203. The lowest BCUT2D eigenvalue weighted by molar-refractivity contribution is -0.527. The molecule has 3 N–H and O–H groups in total. The zero-order chi connectivity index (χ0) is 20.4. The first-order chi connectivity index (χ1) is 13.5. The largest absolute Gasteiger partial charge is 0.445 e. The number of ether oxygens (including phenoxy) is 2. The van der Waals surface area contributed by atoms with Crippen molar-refractivity contribution in [1.82, 2.24) is 15.6 Å². The van der Waals surface area contributed by atoms with Crippen LogP contribution in [0.15, 0.2) is 30.3 Å². The number of nitrogens with zero attached hydrogens (tertiary/aromatic N) is 2. The maximum absolute atomic E-state index is 12.2. The normalized spacial score (nSPS) is 19.0. The Hall–Kier alpha value is -2.88. The predicted octanol–water partition coefficient (Wildman–Crippen LogP) is 2.24. The first kappa shape index (κ1) is 21.4. The topological polar surface area (TPSA) is 130 Å². The molecule has 1 amide bonds. The van der Waals surface area contributed by atoms with Crippen molar-refractivity contribution in [3.63, 3.8) is 0 Å². The maximum Gasteiger partial charge on any atom is 0.407 e. The summed E-state index contributed by atoms with van der Waals surface area (Å²) in [6, 6.07) is 8.88. The molecule has 1 aromatic rings. The van der Waals surface area contributed by atoms with Crippen LogP contribution in [0.2, 0.25) is 0 Å². The van der Waals surface area contributed by atoms with Gasteiger partial charge in [-0.2, -0.15) is 0 Å². The van der Waals surface area contributed by atoms with Gasteiger partial charge in [0, 0.05) is 13.2 Å². The summed E-state index contributed by atoms with van der Waals surface area (Å²) in [6.45, 7) is 3.02. The van der Waals surface area contributed by atoms with Crippen molar-refractivity contribution in [3.05, 3.63) is 46.0 Å². The van der Waals surface area contributed by atoms with Gasteiger partial charge in [0.15, 0.2) is 11.3 Å². The number of alkyl carbamates (subject to hydrolysis) is 1. The summed E-state index contributed by atoms with van der Waals surface area (Å²) in [5.41, 5.74) is 2.73. The van der Waals surface area contributed by atoms with Crippen molar-refractivity contribution < 1.29 is 19.3 Å². The van der Waals surface area contributed by atoms with Gasteiger partial charge in [-0.15, -0.1) is 0 Å². The molecule has 154 valence electrons. The fourth-order valence-corrected chi connectivity index (χ4v) is 2.97. The number of benzene rings is 1. The molecule has 10 nitrogen and oxygen atoms in total. The second-order valence-electron chi connectivity index (χ2n) is 6.48. The molecule has 0 radical (unpaired) electrons. The molecule has 2 rings (SSSR count). The molecule has 2 atom stereocenters. The molecule has 0 unspecified atom stereocenters. The van der Waals surface area contributed by atoms with Crippen LogP contribution in [-0.4, -0.2) is 47.4 Å². The Kier molecular flexibility index (Phi) is 8.47. The number of hydrogen-bond acceptors (Lipinski definition) is 6. The van der Waals surface area contributed by atoms with E-state index in [2.05, 4.69) is 5.32 Å². The fourth-order valence-electron chi connectivity index (χ4n) is 2.97. The molecule has 0 bridgehead atoms. The third kappa shape index (κ3) is 6.69. The fraction of sp³-hybridized carbons (Fsp3) is 0.556. The number of nitro groups is 1. The second kappa shape index (κ2) is 11.1. The third-order valence-electron chi connectivity index (χ3n) is 4.35. The highest BCUT2D eigenvalue weighted by molar-refractivity contribution is 5.76. The second-order valence-corrected chi connectivity index (χ2v) is 6.48. The Balaban J connectivity index is 1.98. The van der Waals surface area contributed by atoms with Crippen LogP contribution >= 0.6 is 0 Å². The minimum Gasteiger partial charge on any atom is -0.445 e. The Morgan fingerprint density at radius 2 is 2.14 bits per heavy atom. The number of likely N-dealkylation sites (tertiary alicyclic amines) is 1. The van der Waals surface area contributed by atoms with Crippen molar-refractivity contribution in [1.29, 1.82) is 5.41 Å². The Labute approximate surface area is 163 Å². The molecule has 1 aromatic carbocycles. The van der Waals surface area contributed by atoms with Crippen molar-refractivity contribution in [2.45, 2.75) is 51.5 Å². The van der Waals surface area contributed by atoms with Crippen molar-refractivity contribution >= 4 is 12.1 Å². The molecule has 1 heterocycles. The molecule has 1 aliphatic rings. The first-order valence-electron chi connectivity index (χ1n) is 9.36. The average molecular weight is 393 g/mol. The van der Waals surface area contributed by atoms with Gasteiger partial charge in [0.05, 0.1) is 6.04 Å². The molecule has 1 fully saturated rings. The Morgan fingerprint density at radius 3 is 2.82 bits per heavy atom. The van der Waals surface area contributed by atoms with Crippen molar-refractivity contribution in [2.24, 2.45) is 0 Å². The number of hydrazine groups is 1. The maximum atomic E-state index is 12.2. The van der Waals surface area contributed by atoms with Gasteiger partial charge in [-0.3, -0.25) is 5.41 Å². The molecular formula is C18H27N5O5. The van der Waals surface area contributed by atoms with Crippen LogP contribution in [0, 0.1) is 15.5 Å². The summed E-state index contributed by atoms with van der Waals surface area (Å²) in [5, 5.41) is 20.6. The van der Waals surface area contributed by atoms with E-state index in [4.69, 9.17) is 14.9 Å². The molecule has 0 saturated carbocycles. The average Bonchev–Trinajstić information content (AvgIpc) is 2.68. The molecule has 28 heavy (non-hydrogen) atoms. The Morgan fingerprint density at radius 1 is 1.39 bits per heavy atom. The zero-order valence-corrected chi connectivity index (χ0v) is 15.9. The van der Waals surface area contributed by atoms with E-state index >= 15 is 0 Å². The van der Waals surface area contributed by atoms with E-state index < -0.39 is 23.4 Å². The molecule has 0 spiro atoms.